The number of benzene rings is 2. The first kappa shape index (κ1) is 59.5. The number of hydrogen-bond acceptors (Lipinski definition) is 9. The van der Waals surface area contributed by atoms with E-state index in [1.54, 1.807) is 61.5 Å². The highest BCUT2D eigenvalue weighted by Gasteiger charge is 2.36. The van der Waals surface area contributed by atoms with Crippen molar-refractivity contribution in [1.29, 1.82) is 0 Å². The lowest BCUT2D eigenvalue weighted by Crippen LogP contribution is -2.72. The van der Waals surface area contributed by atoms with Gasteiger partial charge in [-0.3, -0.25) is 0 Å². The van der Waals surface area contributed by atoms with Gasteiger partial charge in [0.25, 0.3) is 0 Å². The number of aryl methyl sites for hydroxylation is 2. The maximum Gasteiger partial charge on any atom is 0.425 e. The Morgan fingerprint density at radius 2 is 0.897 bits per heavy atom. The van der Waals surface area contributed by atoms with Crippen LogP contribution in [0.25, 0.3) is 21.8 Å². The van der Waals surface area contributed by atoms with Gasteiger partial charge in [-0.2, -0.15) is 4.90 Å². The van der Waals surface area contributed by atoms with E-state index in [2.05, 4.69) is 102 Å². The average molecular weight is 878 g/mol. The van der Waals surface area contributed by atoms with Crippen LogP contribution in [0, 0.1) is 25.5 Å². The van der Waals surface area contributed by atoms with E-state index < -0.39 is 67.5 Å². The van der Waals surface area contributed by atoms with Gasteiger partial charge in [-0.25, -0.2) is 38.3 Å². The molecule has 0 aliphatic heterocycles. The van der Waals surface area contributed by atoms with Crippen molar-refractivity contribution in [2.24, 2.45) is 0 Å². The van der Waals surface area contributed by atoms with Crippen LogP contribution in [0.15, 0.2) is 119 Å². The molecule has 2 amide bonds. The third-order valence-electron chi connectivity index (χ3n) is 8.17. The molecule has 0 atom stereocenters. The molecule has 0 spiro atoms. The summed E-state index contributed by atoms with van der Waals surface area (Å²) in [5.41, 5.74) is 35.0. The number of carbonyl (C=O) groups excluding carboxylic acids is 2. The first-order valence-electron chi connectivity index (χ1n) is 20.1. The molecule has 4 aromatic rings. The lowest BCUT2D eigenvalue weighted by molar-refractivity contribution is 0.0429. The monoisotopic (exact) mass is 880 g/mol. The number of fused-ring (bicyclic) bond motifs is 2. The van der Waals surface area contributed by atoms with E-state index in [1.807, 2.05) is 0 Å². The summed E-state index contributed by atoms with van der Waals surface area (Å²) in [5, 5.41) is 1.02. The Kier molecular flexibility index (Phi) is 25.1. The summed E-state index contributed by atoms with van der Waals surface area (Å²) in [6.45, 7) is 19.9. The van der Waals surface area contributed by atoms with Crippen molar-refractivity contribution in [3.05, 3.63) is 142 Å². The second-order valence-corrected chi connectivity index (χ2v) is 16.1. The Morgan fingerprint density at radius 3 is 1.24 bits per heavy atom. The molecule has 314 valence electrons. The lowest BCUT2D eigenvalue weighted by Gasteiger charge is -2.34. The molecule has 10 nitrogen and oxygen atoms in total. The SMILES string of the molecule is C=C=C=C=C=C=C=C=C=C=C=C=C=C.Cc1cc2c(N(C(=O)OC(C)(C)C)C(=O)OC(C)(C)C)ncnc2cc1F.Cc1cc2c(N)ncnc2cc1F.[B]B([B])B(B([B])[B])B(B([B])[B])B([B])[B]. The van der Waals surface area contributed by atoms with Crippen LogP contribution < -0.4 is 10.6 Å². The van der Waals surface area contributed by atoms with Crippen molar-refractivity contribution >= 4 is 146 Å². The third kappa shape index (κ3) is 21.0. The molecule has 0 bridgehead atoms. The highest BCUT2D eigenvalue weighted by atomic mass is 19.1. The smallest absolute Gasteiger partial charge is 0.425 e. The molecule has 0 saturated carbocycles. The van der Waals surface area contributed by atoms with Crippen LogP contribution in [-0.2, 0) is 9.47 Å². The van der Waals surface area contributed by atoms with Gasteiger partial charge in [0.1, 0.15) is 41.3 Å². The molecule has 2 aromatic heterocycles. The van der Waals surface area contributed by atoms with E-state index in [-0.39, 0.29) is 17.2 Å². The lowest BCUT2D eigenvalue weighted by atomic mass is 8.47. The highest BCUT2D eigenvalue weighted by molar-refractivity contribution is 8.10. The van der Waals surface area contributed by atoms with Gasteiger partial charge in [0.15, 0.2) is 5.82 Å². The maximum atomic E-state index is 13.9. The van der Waals surface area contributed by atoms with E-state index in [0.717, 1.165) is 6.33 Å². The van der Waals surface area contributed by atoms with Crippen molar-refractivity contribution in [3.8, 4) is 0 Å². The number of ether oxygens (including phenoxy) is 2. The number of aromatic nitrogens is 4. The third-order valence-corrected chi connectivity index (χ3v) is 8.17. The van der Waals surface area contributed by atoms with E-state index in [4.69, 9.17) is 77.1 Å². The Bertz CT molecular complexity index is 2790. The highest BCUT2D eigenvalue weighted by Crippen LogP contribution is 2.28. The number of halogens is 2. The van der Waals surface area contributed by atoms with Gasteiger partial charge >= 0.3 is 12.2 Å². The Morgan fingerprint density at radius 1 is 0.574 bits per heavy atom. The summed E-state index contributed by atoms with van der Waals surface area (Å²) < 4.78 is 37.7. The second kappa shape index (κ2) is 28.6. The topological polar surface area (TPSA) is 133 Å². The van der Waals surface area contributed by atoms with E-state index in [1.165, 1.54) is 24.5 Å². The minimum atomic E-state index is -0.946. The zero-order chi connectivity index (χ0) is 51.9. The summed E-state index contributed by atoms with van der Waals surface area (Å²) in [5.74, 6) is -0.376. The van der Waals surface area contributed by atoms with E-state index >= 15 is 0 Å². The standard InChI is InChI=1S/C19H24FN3O4.C14H4.C9H8FN3.B14/c1-11-8-12-14(9-13(11)20)21-10-22-15(12)23(16(24)26-18(2,3)4)17(25)27-19(5,6)7;1-3-5-7-9-11-13-14-12-10-8-6-4-2;1-5-2-6-8(3-7(5)10)12-4-13-9(6)11;1-9(2)13(10(3)4)14(11(5)6)12(7)8/h8-10H,1-7H3;1-2H2;2-4H,1H3,(H2,11,12,13);. The van der Waals surface area contributed by atoms with Crippen molar-refractivity contribution in [1.82, 2.24) is 19.9 Å². The van der Waals surface area contributed by atoms with Crippen molar-refractivity contribution in [2.75, 3.05) is 10.6 Å². The van der Waals surface area contributed by atoms with Gasteiger partial charge in [-0.1, -0.05) is 11.5 Å². The summed E-state index contributed by atoms with van der Waals surface area (Å²) in [6.07, 6.45) is -3.50. The van der Waals surface area contributed by atoms with Crippen molar-refractivity contribution in [3.63, 3.8) is 0 Å². The maximum absolute atomic E-state index is 13.9. The molecule has 0 fully saturated rings. The van der Waals surface area contributed by atoms with Crippen molar-refractivity contribution in [2.45, 2.75) is 66.6 Å². The van der Waals surface area contributed by atoms with Crippen LogP contribution in [0.4, 0.5) is 30.0 Å². The van der Waals surface area contributed by atoms with Crippen LogP contribution in [0.2, 0.25) is 0 Å². The minimum Gasteiger partial charge on any atom is -0.443 e. The Balaban J connectivity index is 0.000000482. The number of nitrogens with two attached hydrogens (primary N) is 1. The van der Waals surface area contributed by atoms with Gasteiger partial charge in [0.2, 0.25) is 0 Å². The average Bonchev–Trinajstić information content (AvgIpc) is 3.21. The fourth-order valence-corrected chi connectivity index (χ4v) is 5.30. The molecule has 26 heteroatoms. The van der Waals surface area contributed by atoms with Crippen molar-refractivity contribution < 1.29 is 27.8 Å². The molecule has 16 radical (unpaired) electrons. The van der Waals surface area contributed by atoms with Gasteiger partial charge in [-0.15, -0.1) is 0 Å². The van der Waals surface area contributed by atoms with Crippen LogP contribution in [-0.4, -0.2) is 144 Å². The largest absolute Gasteiger partial charge is 0.443 e. The first-order chi connectivity index (χ1) is 31.7. The number of amides is 2. The molecule has 0 aliphatic rings. The van der Waals surface area contributed by atoms with Gasteiger partial charge in [0, 0.05) is 123 Å². The molecular weight excluding hydrogens is 842 g/mol. The number of imide groups is 1. The van der Waals surface area contributed by atoms with Gasteiger partial charge < -0.3 is 15.2 Å². The molecule has 4 rings (SSSR count). The molecule has 0 aliphatic carbocycles. The van der Waals surface area contributed by atoms with E-state index in [9.17, 15) is 18.4 Å². The number of carbonyl (C=O) groups is 2. The molecule has 0 saturated heterocycles. The molecule has 2 heterocycles. The number of hydrogen-bond donors (Lipinski definition) is 1. The number of anilines is 2. The first-order valence-corrected chi connectivity index (χ1v) is 20.1. The molecule has 2 N–H and O–H groups in total. The summed E-state index contributed by atoms with van der Waals surface area (Å²) >= 11 is 0. The minimum absolute atomic E-state index is 0.0356. The number of nitrogens with zero attached hydrogens (tertiary/aromatic N) is 5. The molecule has 2 aromatic carbocycles. The summed E-state index contributed by atoms with van der Waals surface area (Å²) in [7, 11) is 44.1. The normalized spacial score (nSPS) is 9.38. The van der Waals surface area contributed by atoms with Crippen LogP contribution in [0.1, 0.15) is 52.7 Å². The molecule has 68 heavy (non-hydrogen) atoms. The fraction of sp³-hybridized carbons (Fsp3) is 0.238. The summed E-state index contributed by atoms with van der Waals surface area (Å²) in [6, 6.07) is 5.71. The molecular formula is C42H36B14F2N6O4. The Hall–Kier alpha value is -6.47. The van der Waals surface area contributed by atoms with Gasteiger partial charge in [0.05, 0.1) is 11.0 Å². The Labute approximate surface area is 410 Å². The van der Waals surface area contributed by atoms with Crippen LogP contribution >= 0.6 is 0 Å². The van der Waals surface area contributed by atoms with Crippen LogP contribution in [0.3, 0.4) is 0 Å². The van der Waals surface area contributed by atoms with Crippen LogP contribution in [0.5, 0.6) is 0 Å². The van der Waals surface area contributed by atoms with E-state index in [0.29, 0.717) is 38.1 Å². The predicted molar refractivity (Wildman–Crippen MR) is 282 cm³/mol. The quantitative estimate of drug-likeness (QED) is 0.227. The van der Waals surface area contributed by atoms with Gasteiger partial charge in [-0.05, 0) is 149 Å². The predicted octanol–water partition coefficient (Wildman–Crippen LogP) is 3.75. The zero-order valence-corrected chi connectivity index (χ0v) is 39.2. The molecule has 0 unspecified atom stereocenters. The fourth-order valence-electron chi connectivity index (χ4n) is 5.30. The zero-order valence-electron chi connectivity index (χ0n) is 39.2. The number of rotatable bonds is 6. The second-order valence-electron chi connectivity index (χ2n) is 16.1. The summed E-state index contributed by atoms with van der Waals surface area (Å²) in [4.78, 5) is 42.0. The number of nitrogen functional groups attached to an aromatic ring is 1.